The van der Waals surface area contributed by atoms with Crippen molar-refractivity contribution in [3.63, 3.8) is 0 Å². The van der Waals surface area contributed by atoms with Crippen molar-refractivity contribution in [2.45, 2.75) is 11.1 Å². The lowest BCUT2D eigenvalue weighted by Gasteiger charge is -2.37. The fraction of sp³-hybridized carbons (Fsp3) is 0.250. The Kier molecular flexibility index (Phi) is 5.97. The number of benzene rings is 2. The van der Waals surface area contributed by atoms with E-state index < -0.39 is 4.92 Å². The van der Waals surface area contributed by atoms with Crippen LogP contribution in [0.5, 0.6) is 0 Å². The van der Waals surface area contributed by atoms with Crippen LogP contribution in [-0.2, 0) is 9.59 Å². The van der Waals surface area contributed by atoms with Crippen LogP contribution in [0.2, 0.25) is 0 Å². The van der Waals surface area contributed by atoms with Crippen LogP contribution in [0.25, 0.3) is 11.3 Å². The summed E-state index contributed by atoms with van der Waals surface area (Å²) in [7, 11) is 0. The van der Waals surface area contributed by atoms with Crippen molar-refractivity contribution in [1.82, 2.24) is 10.2 Å². The summed E-state index contributed by atoms with van der Waals surface area (Å²) in [5.74, 6) is -0.456. The summed E-state index contributed by atoms with van der Waals surface area (Å²) in [5.41, 5.74) is 4.33. The maximum absolute atomic E-state index is 12.9. The largest absolute Gasteiger partial charge is 0.369 e. The first-order valence-electron chi connectivity index (χ1n) is 10.9. The Hall–Kier alpha value is -3.08. The molecule has 0 bridgehead atoms. The summed E-state index contributed by atoms with van der Waals surface area (Å²) in [6, 6.07) is 13.8. The molecule has 174 valence electrons. The number of amides is 1. The highest BCUT2D eigenvalue weighted by Crippen LogP contribution is 2.42. The molecule has 0 aromatic heterocycles. The number of piperazine rings is 1. The van der Waals surface area contributed by atoms with Crippen LogP contribution in [0.4, 0.5) is 11.4 Å². The summed E-state index contributed by atoms with van der Waals surface area (Å²) in [4.78, 5) is 40.7. The predicted octanol–water partition coefficient (Wildman–Crippen LogP) is 3.13. The van der Waals surface area contributed by atoms with Gasteiger partial charge in [0.25, 0.3) is 11.6 Å². The van der Waals surface area contributed by atoms with Crippen LogP contribution in [0.1, 0.15) is 17.5 Å². The number of nitrogens with zero attached hydrogens (tertiary/aromatic N) is 3. The van der Waals surface area contributed by atoms with E-state index in [1.807, 2.05) is 24.3 Å². The number of allylic oxidation sites excluding steroid dienone is 1. The second kappa shape index (κ2) is 8.94. The van der Waals surface area contributed by atoms with E-state index in [-0.39, 0.29) is 28.5 Å². The Morgan fingerprint density at radius 1 is 0.882 bits per heavy atom. The molecule has 34 heavy (non-hydrogen) atoms. The van der Waals surface area contributed by atoms with E-state index in [9.17, 15) is 19.7 Å². The van der Waals surface area contributed by atoms with E-state index in [1.165, 1.54) is 12.1 Å². The van der Waals surface area contributed by atoms with E-state index in [0.29, 0.717) is 28.0 Å². The average molecular weight is 495 g/mol. The lowest BCUT2D eigenvalue weighted by Crippen LogP contribution is -2.47. The SMILES string of the molecule is O=C1CC(c2ccc([N+](=O)[O-])cc2)=C2C(=O)NC(c3ccc(N4CCN(C(S)S)CC4)cc3)=C12. The third-order valence-electron chi connectivity index (χ3n) is 6.47. The number of fused-ring (bicyclic) bond motifs is 1. The number of carbonyl (C=O) groups is 2. The summed E-state index contributed by atoms with van der Waals surface area (Å²) < 4.78 is -0.0639. The molecule has 8 nitrogen and oxygen atoms in total. The summed E-state index contributed by atoms with van der Waals surface area (Å²) in [6.07, 6.45) is 0.0963. The van der Waals surface area contributed by atoms with E-state index >= 15 is 0 Å². The number of Topliss-reactive ketones (excluding diaryl/α,β-unsaturated/α-hetero) is 1. The highest BCUT2D eigenvalue weighted by atomic mass is 32.2. The first-order chi connectivity index (χ1) is 16.3. The topological polar surface area (TPSA) is 95.8 Å². The molecule has 5 rings (SSSR count). The van der Waals surface area contributed by atoms with Crippen molar-refractivity contribution < 1.29 is 14.5 Å². The number of anilines is 1. The fourth-order valence-corrected chi connectivity index (χ4v) is 5.14. The van der Waals surface area contributed by atoms with E-state index in [1.54, 1.807) is 12.1 Å². The highest BCUT2D eigenvalue weighted by Gasteiger charge is 2.40. The fourth-order valence-electron chi connectivity index (χ4n) is 4.68. The van der Waals surface area contributed by atoms with E-state index in [2.05, 4.69) is 40.4 Å². The zero-order valence-corrected chi connectivity index (χ0v) is 19.9. The molecule has 2 aromatic rings. The van der Waals surface area contributed by atoms with Crippen molar-refractivity contribution in [3.05, 3.63) is 80.9 Å². The van der Waals surface area contributed by atoms with Crippen LogP contribution < -0.4 is 10.2 Å². The molecular weight excluding hydrogens is 472 g/mol. The number of thiol groups is 2. The first-order valence-corrected chi connectivity index (χ1v) is 11.9. The number of rotatable bonds is 5. The number of hydrogen-bond donors (Lipinski definition) is 3. The molecule has 1 N–H and O–H groups in total. The minimum atomic E-state index is -0.478. The summed E-state index contributed by atoms with van der Waals surface area (Å²) in [5, 5.41) is 13.8. The minimum Gasteiger partial charge on any atom is -0.369 e. The molecule has 10 heteroatoms. The van der Waals surface area contributed by atoms with Gasteiger partial charge in [0.2, 0.25) is 0 Å². The molecule has 3 aliphatic rings. The van der Waals surface area contributed by atoms with Crippen LogP contribution in [0, 0.1) is 10.1 Å². The van der Waals surface area contributed by atoms with Gasteiger partial charge < -0.3 is 10.2 Å². The second-order valence-corrected chi connectivity index (χ2v) is 9.76. The Balaban J connectivity index is 1.42. The molecule has 0 spiro atoms. The molecule has 0 saturated carbocycles. The van der Waals surface area contributed by atoms with Crippen LogP contribution in [0.15, 0.2) is 59.7 Å². The lowest BCUT2D eigenvalue weighted by molar-refractivity contribution is -0.384. The molecule has 0 radical (unpaired) electrons. The van der Waals surface area contributed by atoms with Gasteiger partial charge in [0, 0.05) is 50.4 Å². The summed E-state index contributed by atoms with van der Waals surface area (Å²) >= 11 is 8.76. The quantitative estimate of drug-likeness (QED) is 0.256. The lowest BCUT2D eigenvalue weighted by atomic mass is 10.0. The van der Waals surface area contributed by atoms with Gasteiger partial charge >= 0.3 is 0 Å². The van der Waals surface area contributed by atoms with Gasteiger partial charge in [0.05, 0.1) is 26.5 Å². The normalized spacial score (nSPS) is 18.7. The Morgan fingerprint density at radius 2 is 1.50 bits per heavy atom. The zero-order valence-electron chi connectivity index (χ0n) is 18.1. The highest BCUT2D eigenvalue weighted by molar-refractivity contribution is 7.99. The van der Waals surface area contributed by atoms with E-state index in [4.69, 9.17) is 0 Å². The second-order valence-electron chi connectivity index (χ2n) is 8.38. The van der Waals surface area contributed by atoms with Gasteiger partial charge in [-0.05, 0) is 41.0 Å². The van der Waals surface area contributed by atoms with Crippen LogP contribution in [0.3, 0.4) is 0 Å². The van der Waals surface area contributed by atoms with Gasteiger partial charge in [-0.25, -0.2) is 0 Å². The predicted molar refractivity (Wildman–Crippen MR) is 137 cm³/mol. The molecular formula is C24H22N4O4S2. The maximum atomic E-state index is 12.9. The number of nitro groups is 1. The molecule has 1 fully saturated rings. The number of ketones is 1. The Morgan fingerprint density at radius 3 is 2.09 bits per heavy atom. The third kappa shape index (κ3) is 4.02. The Labute approximate surface area is 207 Å². The smallest absolute Gasteiger partial charge is 0.269 e. The van der Waals surface area contributed by atoms with Crippen molar-refractivity contribution in [2.24, 2.45) is 0 Å². The summed E-state index contributed by atoms with van der Waals surface area (Å²) in [6.45, 7) is 3.48. The minimum absolute atomic E-state index is 0.0384. The maximum Gasteiger partial charge on any atom is 0.269 e. The van der Waals surface area contributed by atoms with Gasteiger partial charge in [-0.3, -0.25) is 24.6 Å². The van der Waals surface area contributed by atoms with Gasteiger partial charge in [0.1, 0.15) is 0 Å². The van der Waals surface area contributed by atoms with Gasteiger partial charge in [-0.2, -0.15) is 0 Å². The van der Waals surface area contributed by atoms with Crippen molar-refractivity contribution in [1.29, 1.82) is 0 Å². The number of nitro benzene ring substituents is 1. The van der Waals surface area contributed by atoms with Crippen molar-refractivity contribution in [3.8, 4) is 0 Å². The zero-order chi connectivity index (χ0) is 24.0. The average Bonchev–Trinajstić information content (AvgIpc) is 3.37. The Bertz CT molecular complexity index is 1240. The molecule has 1 saturated heterocycles. The van der Waals surface area contributed by atoms with Crippen LogP contribution in [-0.4, -0.2) is 52.4 Å². The standard InChI is InChI=1S/C24H22N4O4S2/c29-19-13-18(14-1-7-17(8-2-14)28(31)32)20-21(19)22(25-23(20)30)15-3-5-16(6-4-15)26-9-11-27(12-10-26)24(33)34/h1-8,24,33-34H,9-13H2,(H,25,30). The molecule has 0 atom stereocenters. The molecule has 2 heterocycles. The first kappa shape index (κ1) is 22.7. The number of hydrogen-bond acceptors (Lipinski definition) is 8. The molecule has 1 amide bonds. The number of nitrogens with one attached hydrogen (secondary N) is 1. The number of non-ortho nitro benzene ring substituents is 1. The van der Waals surface area contributed by atoms with Gasteiger partial charge in [-0.1, -0.05) is 12.1 Å². The third-order valence-corrected chi connectivity index (χ3v) is 7.13. The molecule has 2 aliphatic heterocycles. The molecule has 2 aromatic carbocycles. The van der Waals surface area contributed by atoms with Gasteiger partial charge in [0.15, 0.2) is 5.78 Å². The van der Waals surface area contributed by atoms with E-state index in [0.717, 1.165) is 37.4 Å². The monoisotopic (exact) mass is 494 g/mol. The van der Waals surface area contributed by atoms with Crippen LogP contribution >= 0.6 is 25.3 Å². The van der Waals surface area contributed by atoms with Gasteiger partial charge in [-0.15, -0.1) is 25.3 Å². The molecule has 0 unspecified atom stereocenters. The number of carbonyl (C=O) groups excluding carboxylic acids is 2. The molecule has 1 aliphatic carbocycles. The van der Waals surface area contributed by atoms with Crippen molar-refractivity contribution >= 4 is 59.6 Å². The van der Waals surface area contributed by atoms with Crippen molar-refractivity contribution in [2.75, 3.05) is 31.1 Å².